The molecule has 0 radical (unpaired) electrons. The van der Waals surface area contributed by atoms with Crippen LogP contribution >= 0.6 is 0 Å². The summed E-state index contributed by atoms with van der Waals surface area (Å²) in [6.45, 7) is 9.48. The molecule has 2 aliphatic rings. The number of piperidine rings is 1. The summed E-state index contributed by atoms with van der Waals surface area (Å²) in [5.41, 5.74) is -0.869. The first-order chi connectivity index (χ1) is 12.8. The van der Waals surface area contributed by atoms with Crippen molar-refractivity contribution in [3.63, 3.8) is 0 Å². The van der Waals surface area contributed by atoms with Gasteiger partial charge in [0.2, 0.25) is 11.8 Å². The zero-order chi connectivity index (χ0) is 19.6. The fourth-order valence-electron chi connectivity index (χ4n) is 4.24. The van der Waals surface area contributed by atoms with Gasteiger partial charge in [0.25, 0.3) is 0 Å². The van der Waals surface area contributed by atoms with Crippen LogP contribution in [0.3, 0.4) is 0 Å². The molecule has 3 rings (SSSR count). The lowest BCUT2D eigenvalue weighted by Gasteiger charge is -2.36. The third-order valence-corrected chi connectivity index (χ3v) is 5.73. The number of hydrogen-bond acceptors (Lipinski definition) is 5. The van der Waals surface area contributed by atoms with Crippen LogP contribution in [-0.2, 0) is 23.2 Å². The average molecular weight is 377 g/mol. The van der Waals surface area contributed by atoms with E-state index in [1.54, 1.807) is 13.8 Å². The van der Waals surface area contributed by atoms with Crippen molar-refractivity contribution in [3.8, 4) is 0 Å². The van der Waals surface area contributed by atoms with Gasteiger partial charge in [0.05, 0.1) is 6.54 Å². The molecule has 0 aromatic carbocycles. The van der Waals surface area contributed by atoms with Gasteiger partial charge in [-0.15, -0.1) is 10.2 Å². The Bertz CT molecular complexity index is 684. The molecule has 2 amide bonds. The molecule has 8 heteroatoms. The number of amides is 2. The van der Waals surface area contributed by atoms with Crippen LogP contribution in [0, 0.1) is 0 Å². The van der Waals surface area contributed by atoms with Crippen LogP contribution in [0.4, 0.5) is 0 Å². The van der Waals surface area contributed by atoms with Crippen LogP contribution in [0.2, 0.25) is 0 Å². The molecule has 0 atom stereocenters. The van der Waals surface area contributed by atoms with Crippen molar-refractivity contribution in [3.05, 3.63) is 11.6 Å². The van der Waals surface area contributed by atoms with E-state index >= 15 is 0 Å². The van der Waals surface area contributed by atoms with Gasteiger partial charge in [-0.05, 0) is 52.6 Å². The van der Waals surface area contributed by atoms with Crippen molar-refractivity contribution >= 4 is 11.8 Å². The molecule has 0 saturated carbocycles. The Balaban J connectivity index is 1.58. The zero-order valence-electron chi connectivity index (χ0n) is 17.0. The number of likely N-dealkylation sites (tertiary alicyclic amines) is 2. The summed E-state index contributed by atoms with van der Waals surface area (Å²) in [5.74, 6) is 2.16. The van der Waals surface area contributed by atoms with Gasteiger partial charge in [0.1, 0.15) is 17.2 Å². The number of aromatic nitrogens is 3. The molecule has 0 spiro atoms. The van der Waals surface area contributed by atoms with E-state index in [1.807, 2.05) is 4.90 Å². The fraction of sp³-hybridized carbons (Fsp3) is 0.789. The number of nitrogens with zero attached hydrogens (tertiary/aromatic N) is 5. The molecule has 3 heterocycles. The van der Waals surface area contributed by atoms with Crippen LogP contribution in [0.5, 0.6) is 0 Å². The molecule has 0 bridgehead atoms. The fourth-order valence-corrected chi connectivity index (χ4v) is 4.24. The summed E-state index contributed by atoms with van der Waals surface area (Å²) in [4.78, 5) is 28.4. The minimum Gasteiger partial charge on any atom is -0.342 e. The van der Waals surface area contributed by atoms with Crippen molar-refractivity contribution in [1.82, 2.24) is 29.9 Å². The van der Waals surface area contributed by atoms with Crippen molar-refractivity contribution in [1.29, 1.82) is 0 Å². The van der Waals surface area contributed by atoms with Crippen LogP contribution in [0.1, 0.15) is 64.0 Å². The molecule has 0 unspecified atom stereocenters. The Morgan fingerprint density at radius 2 is 1.74 bits per heavy atom. The molecule has 2 fully saturated rings. The van der Waals surface area contributed by atoms with E-state index in [0.29, 0.717) is 19.0 Å². The highest BCUT2D eigenvalue weighted by molar-refractivity contribution is 5.90. The molecule has 8 nitrogen and oxygen atoms in total. The van der Waals surface area contributed by atoms with E-state index in [0.717, 1.165) is 44.1 Å². The van der Waals surface area contributed by atoms with E-state index in [-0.39, 0.29) is 11.8 Å². The van der Waals surface area contributed by atoms with Gasteiger partial charge in [-0.25, -0.2) is 0 Å². The minimum absolute atomic E-state index is 0.0242. The number of carbonyl (C=O) groups is 2. The lowest BCUT2D eigenvalue weighted by molar-refractivity contribution is -0.141. The molecule has 27 heavy (non-hydrogen) atoms. The van der Waals surface area contributed by atoms with Gasteiger partial charge >= 0.3 is 0 Å². The first kappa shape index (κ1) is 19.8. The second-order valence-electron chi connectivity index (χ2n) is 8.39. The molecule has 1 N–H and O–H groups in total. The van der Waals surface area contributed by atoms with E-state index < -0.39 is 5.54 Å². The maximum atomic E-state index is 12.7. The second-order valence-corrected chi connectivity index (χ2v) is 8.39. The van der Waals surface area contributed by atoms with Gasteiger partial charge in [-0.1, -0.05) is 0 Å². The second kappa shape index (κ2) is 7.96. The smallest absolute Gasteiger partial charge is 0.247 e. The Morgan fingerprint density at radius 3 is 2.33 bits per heavy atom. The van der Waals surface area contributed by atoms with E-state index in [1.165, 1.54) is 19.8 Å². The third-order valence-electron chi connectivity index (χ3n) is 5.73. The molecular weight excluding hydrogens is 344 g/mol. The summed E-state index contributed by atoms with van der Waals surface area (Å²) in [7, 11) is 2.05. The van der Waals surface area contributed by atoms with Crippen molar-refractivity contribution in [2.45, 2.75) is 64.5 Å². The summed E-state index contributed by atoms with van der Waals surface area (Å²) in [5, 5.41) is 11.6. The molecule has 150 valence electrons. The quantitative estimate of drug-likeness (QED) is 0.830. The highest BCUT2D eigenvalue weighted by Crippen LogP contribution is 2.28. The van der Waals surface area contributed by atoms with Gasteiger partial charge in [0, 0.05) is 33.0 Å². The van der Waals surface area contributed by atoms with Crippen LogP contribution in [0.15, 0.2) is 0 Å². The van der Waals surface area contributed by atoms with Crippen LogP contribution in [-0.4, -0.2) is 68.1 Å². The number of rotatable bonds is 5. The number of hydrogen-bond donors (Lipinski definition) is 1. The van der Waals surface area contributed by atoms with Gasteiger partial charge < -0.3 is 14.8 Å². The average Bonchev–Trinajstić information content (AvgIpc) is 3.24. The summed E-state index contributed by atoms with van der Waals surface area (Å²) >= 11 is 0. The Hall–Kier alpha value is -1.96. The summed E-state index contributed by atoms with van der Waals surface area (Å²) in [6.07, 6.45) is 4.28. The Labute approximate surface area is 161 Å². The number of carbonyl (C=O) groups excluding carboxylic acids is 2. The molecular formula is C19H32N6O2. The molecule has 1 aromatic heterocycles. The molecule has 0 aliphatic carbocycles. The third kappa shape index (κ3) is 4.48. The summed E-state index contributed by atoms with van der Waals surface area (Å²) < 4.78 is 2.14. The van der Waals surface area contributed by atoms with Crippen molar-refractivity contribution in [2.24, 2.45) is 7.05 Å². The minimum atomic E-state index is -0.869. The highest BCUT2D eigenvalue weighted by atomic mass is 16.2. The first-order valence-electron chi connectivity index (χ1n) is 9.96. The predicted octanol–water partition coefficient (Wildman–Crippen LogP) is 1.03. The lowest BCUT2D eigenvalue weighted by atomic mass is 9.93. The lowest BCUT2D eigenvalue weighted by Crippen LogP contribution is -2.56. The van der Waals surface area contributed by atoms with Crippen molar-refractivity contribution in [2.75, 3.05) is 26.2 Å². The van der Waals surface area contributed by atoms with Gasteiger partial charge in [-0.2, -0.15) is 0 Å². The molecule has 1 aromatic rings. The maximum absolute atomic E-state index is 12.7. The highest BCUT2D eigenvalue weighted by Gasteiger charge is 2.35. The van der Waals surface area contributed by atoms with Crippen LogP contribution < -0.4 is 5.32 Å². The maximum Gasteiger partial charge on any atom is 0.247 e. The van der Waals surface area contributed by atoms with Crippen molar-refractivity contribution < 1.29 is 9.59 Å². The molecule has 2 aliphatic heterocycles. The van der Waals surface area contributed by atoms with Crippen LogP contribution in [0.25, 0.3) is 0 Å². The zero-order valence-corrected chi connectivity index (χ0v) is 17.0. The monoisotopic (exact) mass is 376 g/mol. The van der Waals surface area contributed by atoms with E-state index in [2.05, 4.69) is 32.0 Å². The normalized spacial score (nSPS) is 19.5. The predicted molar refractivity (Wildman–Crippen MR) is 102 cm³/mol. The standard InChI is InChI=1S/C19H32N6O2/c1-14(26)20-19(2,3)18(27)25-11-7-15(8-12-25)17-22-21-16(23(17)4)13-24-9-5-6-10-24/h15H,5-13H2,1-4H3,(H,20,26). The first-order valence-corrected chi connectivity index (χ1v) is 9.96. The van der Waals surface area contributed by atoms with Gasteiger partial charge in [0.15, 0.2) is 0 Å². The van der Waals surface area contributed by atoms with E-state index in [9.17, 15) is 9.59 Å². The Morgan fingerprint density at radius 1 is 1.11 bits per heavy atom. The number of nitrogens with one attached hydrogen (secondary N) is 1. The van der Waals surface area contributed by atoms with E-state index in [4.69, 9.17) is 0 Å². The SMILES string of the molecule is CC(=O)NC(C)(C)C(=O)N1CCC(c2nnc(CN3CCCC3)n2C)CC1. The topological polar surface area (TPSA) is 83.4 Å². The summed E-state index contributed by atoms with van der Waals surface area (Å²) in [6, 6.07) is 0. The van der Waals surface area contributed by atoms with Gasteiger partial charge in [-0.3, -0.25) is 14.5 Å². The molecule has 2 saturated heterocycles. The Kier molecular flexibility index (Phi) is 5.83. The largest absolute Gasteiger partial charge is 0.342 e.